The van der Waals surface area contributed by atoms with Crippen LogP contribution in [0.5, 0.6) is 5.75 Å². The van der Waals surface area contributed by atoms with Crippen LogP contribution < -0.4 is 15.4 Å². The largest absolute Gasteiger partial charge is 0.491 e. The predicted octanol–water partition coefficient (Wildman–Crippen LogP) is 4.94. The summed E-state index contributed by atoms with van der Waals surface area (Å²) in [7, 11) is 0. The van der Waals surface area contributed by atoms with E-state index in [2.05, 4.69) is 10.6 Å². The Morgan fingerprint density at radius 3 is 2.72 bits per heavy atom. The number of para-hydroxylation sites is 2. The number of ether oxygens (including phenoxy) is 1. The normalized spacial score (nSPS) is 16.0. The van der Waals surface area contributed by atoms with Crippen LogP contribution in [0, 0.1) is 0 Å². The topological polar surface area (TPSA) is 67.4 Å². The first-order valence-corrected chi connectivity index (χ1v) is 9.86. The van der Waals surface area contributed by atoms with Gasteiger partial charge < -0.3 is 15.4 Å². The number of hydrogen-bond donors (Lipinski definition) is 2. The Balaban J connectivity index is 1.67. The molecule has 0 fully saturated rings. The highest BCUT2D eigenvalue weighted by Crippen LogP contribution is 2.40. The van der Waals surface area contributed by atoms with Gasteiger partial charge in [0, 0.05) is 11.3 Å². The highest BCUT2D eigenvalue weighted by molar-refractivity contribution is 8.01. The van der Waals surface area contributed by atoms with E-state index < -0.39 is 22.9 Å². The molecule has 2 N–H and O–H groups in total. The standard InChI is InChI=1S/C20H19F3N2O3S/c1-2-9-28-15-6-4-3-5-13(15)24-18(26)11-17-19(27)25-14-10-12(20(21,22)23)7-8-16(14)29-17/h3-8,10,17H,2,9,11H2,1H3,(H,24,26)(H,25,27). The van der Waals surface area contributed by atoms with Gasteiger partial charge in [-0.1, -0.05) is 19.1 Å². The lowest BCUT2D eigenvalue weighted by atomic mass is 10.1. The molecule has 1 aliphatic heterocycles. The maximum Gasteiger partial charge on any atom is 0.416 e. The van der Waals surface area contributed by atoms with E-state index in [1.54, 1.807) is 24.3 Å². The van der Waals surface area contributed by atoms with Gasteiger partial charge in [0.15, 0.2) is 0 Å². The first-order chi connectivity index (χ1) is 13.8. The third-order valence-corrected chi connectivity index (χ3v) is 5.40. The monoisotopic (exact) mass is 424 g/mol. The fourth-order valence-corrected chi connectivity index (χ4v) is 3.83. The Labute approximate surface area is 170 Å². The van der Waals surface area contributed by atoms with Crippen LogP contribution in [0.25, 0.3) is 0 Å². The molecule has 0 saturated heterocycles. The SMILES string of the molecule is CCCOc1ccccc1NC(=O)CC1Sc2ccc(C(F)(F)F)cc2NC1=O. The zero-order valence-corrected chi connectivity index (χ0v) is 16.3. The van der Waals surface area contributed by atoms with Gasteiger partial charge in [-0.05, 0) is 36.8 Å². The van der Waals surface area contributed by atoms with Crippen molar-refractivity contribution >= 4 is 35.0 Å². The maximum absolute atomic E-state index is 12.8. The Hall–Kier alpha value is -2.68. The van der Waals surface area contributed by atoms with E-state index in [0.717, 1.165) is 30.3 Å². The second kappa shape index (κ2) is 8.77. The van der Waals surface area contributed by atoms with Gasteiger partial charge in [0.1, 0.15) is 5.75 Å². The minimum atomic E-state index is -4.49. The third-order valence-electron chi connectivity index (χ3n) is 4.12. The second-order valence-electron chi connectivity index (χ2n) is 6.40. The molecule has 1 heterocycles. The Kier molecular flexibility index (Phi) is 6.36. The van der Waals surface area contributed by atoms with Crippen LogP contribution in [-0.4, -0.2) is 23.7 Å². The minimum absolute atomic E-state index is 0.102. The van der Waals surface area contributed by atoms with Gasteiger partial charge in [0.25, 0.3) is 0 Å². The summed E-state index contributed by atoms with van der Waals surface area (Å²) in [6.07, 6.45) is -3.80. The van der Waals surface area contributed by atoms with E-state index in [1.165, 1.54) is 6.07 Å². The molecule has 0 spiro atoms. The first-order valence-electron chi connectivity index (χ1n) is 8.98. The number of anilines is 2. The second-order valence-corrected chi connectivity index (χ2v) is 7.65. The minimum Gasteiger partial charge on any atom is -0.491 e. The van der Waals surface area contributed by atoms with Crippen molar-refractivity contribution in [3.8, 4) is 5.75 Å². The van der Waals surface area contributed by atoms with Crippen molar-refractivity contribution < 1.29 is 27.5 Å². The van der Waals surface area contributed by atoms with Crippen molar-refractivity contribution in [1.82, 2.24) is 0 Å². The van der Waals surface area contributed by atoms with Gasteiger partial charge in [-0.25, -0.2) is 0 Å². The third kappa shape index (κ3) is 5.23. The molecule has 9 heteroatoms. The van der Waals surface area contributed by atoms with Crippen molar-refractivity contribution in [3.63, 3.8) is 0 Å². The van der Waals surface area contributed by atoms with Gasteiger partial charge in [0.05, 0.1) is 28.8 Å². The zero-order valence-electron chi connectivity index (χ0n) is 15.5. The van der Waals surface area contributed by atoms with Crippen molar-refractivity contribution in [3.05, 3.63) is 48.0 Å². The molecule has 3 rings (SSSR count). The number of hydrogen-bond acceptors (Lipinski definition) is 4. The Morgan fingerprint density at radius 1 is 1.24 bits per heavy atom. The summed E-state index contributed by atoms with van der Waals surface area (Å²) in [4.78, 5) is 25.2. The van der Waals surface area contributed by atoms with Crippen LogP contribution in [0.2, 0.25) is 0 Å². The highest BCUT2D eigenvalue weighted by atomic mass is 32.2. The Morgan fingerprint density at radius 2 is 2.00 bits per heavy atom. The molecular weight excluding hydrogens is 405 g/mol. The van der Waals surface area contributed by atoms with E-state index >= 15 is 0 Å². The molecule has 1 aliphatic rings. The van der Waals surface area contributed by atoms with E-state index in [9.17, 15) is 22.8 Å². The van der Waals surface area contributed by atoms with E-state index in [0.29, 0.717) is 22.9 Å². The van der Waals surface area contributed by atoms with Crippen LogP contribution in [0.15, 0.2) is 47.4 Å². The predicted molar refractivity (Wildman–Crippen MR) is 105 cm³/mol. The molecular formula is C20H19F3N2O3S. The molecule has 0 saturated carbocycles. The molecule has 0 bridgehead atoms. The first kappa shape index (κ1) is 21.0. The number of fused-ring (bicyclic) bond motifs is 1. The summed E-state index contributed by atoms with van der Waals surface area (Å²) in [5.74, 6) is -0.360. The fourth-order valence-electron chi connectivity index (χ4n) is 2.74. The number of halogens is 3. The molecule has 154 valence electrons. The molecule has 0 radical (unpaired) electrons. The molecule has 0 aromatic heterocycles. The average Bonchev–Trinajstić information content (AvgIpc) is 2.66. The molecule has 5 nitrogen and oxygen atoms in total. The summed E-state index contributed by atoms with van der Waals surface area (Å²) in [5.41, 5.74) is -0.232. The van der Waals surface area contributed by atoms with Gasteiger partial charge in [-0.15, -0.1) is 11.8 Å². The molecule has 2 amide bonds. The van der Waals surface area contributed by atoms with Crippen LogP contribution in [0.1, 0.15) is 25.3 Å². The van der Waals surface area contributed by atoms with E-state index in [4.69, 9.17) is 4.74 Å². The Bertz CT molecular complexity index is 918. The van der Waals surface area contributed by atoms with Crippen LogP contribution in [0.4, 0.5) is 24.5 Å². The highest BCUT2D eigenvalue weighted by Gasteiger charge is 2.34. The van der Waals surface area contributed by atoms with Crippen LogP contribution >= 0.6 is 11.8 Å². The number of benzene rings is 2. The molecule has 29 heavy (non-hydrogen) atoms. The number of carbonyl (C=O) groups excluding carboxylic acids is 2. The summed E-state index contributed by atoms with van der Waals surface area (Å²) in [6.45, 7) is 2.47. The number of thioether (sulfide) groups is 1. The lowest BCUT2D eigenvalue weighted by molar-refractivity contribution is -0.137. The number of carbonyl (C=O) groups is 2. The number of alkyl halides is 3. The van der Waals surface area contributed by atoms with Gasteiger partial charge in [0.2, 0.25) is 11.8 Å². The molecule has 0 aliphatic carbocycles. The fraction of sp³-hybridized carbons (Fsp3) is 0.300. The lowest BCUT2D eigenvalue weighted by Gasteiger charge is -2.24. The van der Waals surface area contributed by atoms with Crippen LogP contribution in [0.3, 0.4) is 0 Å². The zero-order chi connectivity index (χ0) is 21.0. The number of nitrogens with one attached hydrogen (secondary N) is 2. The van der Waals surface area contributed by atoms with Crippen molar-refractivity contribution in [1.29, 1.82) is 0 Å². The van der Waals surface area contributed by atoms with Crippen molar-refractivity contribution in [2.45, 2.75) is 36.1 Å². The summed E-state index contributed by atoms with van der Waals surface area (Å²) in [5, 5.41) is 4.45. The van der Waals surface area contributed by atoms with Crippen molar-refractivity contribution in [2.75, 3.05) is 17.2 Å². The summed E-state index contributed by atoms with van der Waals surface area (Å²) >= 11 is 1.07. The lowest BCUT2D eigenvalue weighted by Crippen LogP contribution is -2.32. The maximum atomic E-state index is 12.8. The average molecular weight is 424 g/mol. The number of rotatable bonds is 6. The smallest absolute Gasteiger partial charge is 0.416 e. The number of amides is 2. The van der Waals surface area contributed by atoms with Gasteiger partial charge in [-0.2, -0.15) is 13.2 Å². The quantitative estimate of drug-likeness (QED) is 0.690. The van der Waals surface area contributed by atoms with Gasteiger partial charge in [-0.3, -0.25) is 9.59 Å². The molecule has 1 unspecified atom stereocenters. The molecule has 2 aromatic carbocycles. The van der Waals surface area contributed by atoms with E-state index in [-0.39, 0.29) is 18.0 Å². The molecule has 2 aromatic rings. The van der Waals surface area contributed by atoms with Crippen LogP contribution in [-0.2, 0) is 15.8 Å². The van der Waals surface area contributed by atoms with E-state index in [1.807, 2.05) is 6.92 Å². The summed E-state index contributed by atoms with van der Waals surface area (Å²) in [6, 6.07) is 10.1. The molecule has 1 atom stereocenters. The van der Waals surface area contributed by atoms with Crippen molar-refractivity contribution in [2.24, 2.45) is 0 Å². The summed E-state index contributed by atoms with van der Waals surface area (Å²) < 4.78 is 44.1. The van der Waals surface area contributed by atoms with Gasteiger partial charge >= 0.3 is 6.18 Å².